The molecule has 0 bridgehead atoms. The largest absolute Gasteiger partial charge is 0.484 e. The predicted octanol–water partition coefficient (Wildman–Crippen LogP) is 5.78. The van der Waals surface area contributed by atoms with Crippen LogP contribution in [0.1, 0.15) is 11.1 Å². The van der Waals surface area contributed by atoms with Gasteiger partial charge in [-0.3, -0.25) is 4.79 Å². The lowest BCUT2D eigenvalue weighted by Gasteiger charge is -2.15. The Morgan fingerprint density at radius 2 is 1.46 bits per heavy atom. The van der Waals surface area contributed by atoms with Crippen LogP contribution in [0.5, 0.6) is 5.75 Å². The number of amides is 1. The zero-order valence-electron chi connectivity index (χ0n) is 13.3. The van der Waals surface area contributed by atoms with Crippen LogP contribution in [-0.2, 0) is 17.1 Å². The number of carbonyl (C=O) groups excluding carboxylic acids is 1. The number of rotatable bonds is 4. The summed E-state index contributed by atoms with van der Waals surface area (Å²) in [7, 11) is 0. The van der Waals surface area contributed by atoms with Crippen LogP contribution in [0.4, 0.5) is 40.8 Å². The molecule has 0 fully saturated rings. The standard InChI is InChI=1S/C16H8BrF8NO2/c17-11-4-9(18)5-12(19)14(11)26-13(27)6-28-10-2-7(15(20,21)22)1-8(3-10)16(23,24)25/h1-5H,6H2,(H,26,27). The van der Waals surface area contributed by atoms with Gasteiger partial charge in [0.1, 0.15) is 11.6 Å². The summed E-state index contributed by atoms with van der Waals surface area (Å²) in [5.74, 6) is -4.06. The second-order valence-electron chi connectivity index (χ2n) is 5.32. The normalized spacial score (nSPS) is 12.0. The topological polar surface area (TPSA) is 38.3 Å². The van der Waals surface area contributed by atoms with Crippen LogP contribution in [0, 0.1) is 11.6 Å². The van der Waals surface area contributed by atoms with E-state index >= 15 is 0 Å². The Balaban J connectivity index is 2.19. The molecule has 0 heterocycles. The van der Waals surface area contributed by atoms with Crippen LogP contribution in [0.15, 0.2) is 34.8 Å². The molecular formula is C16H8BrF8NO2. The Morgan fingerprint density at radius 1 is 0.929 bits per heavy atom. The molecule has 2 aromatic rings. The number of hydrogen-bond acceptors (Lipinski definition) is 2. The number of ether oxygens (including phenoxy) is 1. The predicted molar refractivity (Wildman–Crippen MR) is 84.6 cm³/mol. The highest BCUT2D eigenvalue weighted by Gasteiger charge is 2.37. The van der Waals surface area contributed by atoms with Crippen molar-refractivity contribution in [2.45, 2.75) is 12.4 Å². The first-order chi connectivity index (χ1) is 12.8. The molecule has 0 saturated carbocycles. The summed E-state index contributed by atoms with van der Waals surface area (Å²) in [5, 5.41) is 1.97. The van der Waals surface area contributed by atoms with Gasteiger partial charge in [0.25, 0.3) is 5.91 Å². The van der Waals surface area contributed by atoms with E-state index in [1.807, 2.05) is 5.32 Å². The van der Waals surface area contributed by atoms with Gasteiger partial charge in [0.15, 0.2) is 12.4 Å². The van der Waals surface area contributed by atoms with Crippen molar-refractivity contribution in [2.24, 2.45) is 0 Å². The third-order valence-corrected chi connectivity index (χ3v) is 3.83. The maximum atomic E-state index is 13.6. The van der Waals surface area contributed by atoms with Gasteiger partial charge in [-0.05, 0) is 40.2 Å². The first kappa shape index (κ1) is 21.9. The van der Waals surface area contributed by atoms with Gasteiger partial charge in [0.05, 0.1) is 16.8 Å². The summed E-state index contributed by atoms with van der Waals surface area (Å²) < 4.78 is 108. The van der Waals surface area contributed by atoms with E-state index in [2.05, 4.69) is 15.9 Å². The minimum Gasteiger partial charge on any atom is -0.484 e. The third-order valence-electron chi connectivity index (χ3n) is 3.20. The zero-order chi connectivity index (χ0) is 21.3. The SMILES string of the molecule is O=C(COc1cc(C(F)(F)F)cc(C(F)(F)F)c1)Nc1c(F)cc(F)cc1Br. The molecule has 152 valence electrons. The molecule has 3 nitrogen and oxygen atoms in total. The van der Waals surface area contributed by atoms with Gasteiger partial charge in [-0.1, -0.05) is 0 Å². The quantitative estimate of drug-likeness (QED) is 0.566. The van der Waals surface area contributed by atoms with Crippen molar-refractivity contribution in [3.05, 3.63) is 57.6 Å². The van der Waals surface area contributed by atoms with Crippen molar-refractivity contribution >= 4 is 27.5 Å². The number of halogens is 9. The fraction of sp³-hybridized carbons (Fsp3) is 0.188. The van der Waals surface area contributed by atoms with E-state index in [1.54, 1.807) is 0 Å². The van der Waals surface area contributed by atoms with Crippen molar-refractivity contribution in [1.82, 2.24) is 0 Å². The highest BCUT2D eigenvalue weighted by molar-refractivity contribution is 9.10. The van der Waals surface area contributed by atoms with Crippen molar-refractivity contribution < 1.29 is 44.7 Å². The Hall–Kier alpha value is -2.37. The van der Waals surface area contributed by atoms with Crippen molar-refractivity contribution in [3.63, 3.8) is 0 Å². The van der Waals surface area contributed by atoms with Crippen molar-refractivity contribution in [1.29, 1.82) is 0 Å². The van der Waals surface area contributed by atoms with Gasteiger partial charge in [0.2, 0.25) is 0 Å². The van der Waals surface area contributed by atoms with Crippen molar-refractivity contribution in [3.8, 4) is 5.75 Å². The lowest BCUT2D eigenvalue weighted by atomic mass is 10.1. The summed E-state index contributed by atoms with van der Waals surface area (Å²) in [6.07, 6.45) is -10.2. The van der Waals surface area contributed by atoms with Crippen LogP contribution in [0.3, 0.4) is 0 Å². The zero-order valence-corrected chi connectivity index (χ0v) is 14.9. The van der Waals surface area contributed by atoms with Crippen LogP contribution in [0.2, 0.25) is 0 Å². The monoisotopic (exact) mass is 477 g/mol. The molecule has 0 aromatic heterocycles. The number of carbonyl (C=O) groups is 1. The molecule has 12 heteroatoms. The minimum atomic E-state index is -5.08. The lowest BCUT2D eigenvalue weighted by molar-refractivity contribution is -0.143. The number of hydrogen-bond donors (Lipinski definition) is 1. The molecule has 0 radical (unpaired) electrons. The van der Waals surface area contributed by atoms with E-state index in [9.17, 15) is 39.9 Å². The molecule has 0 aliphatic rings. The maximum Gasteiger partial charge on any atom is 0.416 e. The molecule has 2 aromatic carbocycles. The van der Waals surface area contributed by atoms with Crippen molar-refractivity contribution in [2.75, 3.05) is 11.9 Å². The van der Waals surface area contributed by atoms with E-state index in [0.717, 1.165) is 6.07 Å². The summed E-state index contributed by atoms with van der Waals surface area (Å²) in [6, 6.07) is 1.78. The second-order valence-corrected chi connectivity index (χ2v) is 6.18. The van der Waals surface area contributed by atoms with Gasteiger partial charge in [-0.25, -0.2) is 8.78 Å². The van der Waals surface area contributed by atoms with E-state index in [-0.39, 0.29) is 22.7 Å². The van der Waals surface area contributed by atoms with Gasteiger partial charge >= 0.3 is 12.4 Å². The molecule has 2 rings (SSSR count). The fourth-order valence-corrected chi connectivity index (χ4v) is 2.50. The summed E-state index contributed by atoms with van der Waals surface area (Å²) in [5.41, 5.74) is -3.72. The maximum absolute atomic E-state index is 13.6. The lowest BCUT2D eigenvalue weighted by Crippen LogP contribution is -2.21. The Bertz CT molecular complexity index is 840. The van der Waals surface area contributed by atoms with Gasteiger partial charge in [-0.2, -0.15) is 26.3 Å². The number of nitrogens with one attached hydrogen (secondary N) is 1. The molecule has 0 atom stereocenters. The van der Waals surface area contributed by atoms with Crippen LogP contribution >= 0.6 is 15.9 Å². The second kappa shape index (κ2) is 7.94. The highest BCUT2D eigenvalue weighted by Crippen LogP contribution is 2.38. The first-order valence-electron chi connectivity index (χ1n) is 7.14. The highest BCUT2D eigenvalue weighted by atomic mass is 79.9. The molecule has 1 amide bonds. The average Bonchev–Trinajstić information content (AvgIpc) is 2.54. The first-order valence-corrected chi connectivity index (χ1v) is 7.93. The molecule has 0 spiro atoms. The van der Waals surface area contributed by atoms with Crippen LogP contribution in [-0.4, -0.2) is 12.5 Å². The Morgan fingerprint density at radius 3 is 1.93 bits per heavy atom. The van der Waals surface area contributed by atoms with E-state index in [1.165, 1.54) is 0 Å². The average molecular weight is 478 g/mol. The van der Waals surface area contributed by atoms with Gasteiger partial charge in [-0.15, -0.1) is 0 Å². The van der Waals surface area contributed by atoms with E-state index in [4.69, 9.17) is 4.74 Å². The van der Waals surface area contributed by atoms with Crippen LogP contribution < -0.4 is 10.1 Å². The molecular weight excluding hydrogens is 470 g/mol. The fourth-order valence-electron chi connectivity index (χ4n) is 2.00. The van der Waals surface area contributed by atoms with E-state index in [0.29, 0.717) is 6.07 Å². The molecule has 0 aliphatic carbocycles. The Kier molecular flexibility index (Phi) is 6.21. The summed E-state index contributed by atoms with van der Waals surface area (Å²) in [4.78, 5) is 11.8. The molecule has 0 saturated heterocycles. The number of alkyl halides is 6. The van der Waals surface area contributed by atoms with Crippen LogP contribution in [0.25, 0.3) is 0 Å². The molecule has 28 heavy (non-hydrogen) atoms. The van der Waals surface area contributed by atoms with E-state index < -0.39 is 59.1 Å². The number of anilines is 1. The molecule has 0 aliphatic heterocycles. The van der Waals surface area contributed by atoms with Gasteiger partial charge in [0, 0.05) is 10.5 Å². The molecule has 0 unspecified atom stereocenters. The molecule has 1 N–H and O–H groups in total. The van der Waals surface area contributed by atoms with Gasteiger partial charge < -0.3 is 10.1 Å². The minimum absolute atomic E-state index is 0.0993. The Labute approximate surface area is 160 Å². The number of benzene rings is 2. The smallest absolute Gasteiger partial charge is 0.416 e. The third kappa shape index (κ3) is 5.57. The summed E-state index contributed by atoms with van der Waals surface area (Å²) in [6.45, 7) is -1.03. The summed E-state index contributed by atoms with van der Waals surface area (Å²) >= 11 is 2.80.